The van der Waals surface area contributed by atoms with Crippen LogP contribution < -0.4 is 10.6 Å². The molecule has 0 fully saturated rings. The van der Waals surface area contributed by atoms with E-state index in [0.717, 1.165) is 11.3 Å². The number of halogens is 1. The van der Waals surface area contributed by atoms with Crippen molar-refractivity contribution in [1.82, 2.24) is 20.4 Å². The maximum absolute atomic E-state index is 11.9. The Morgan fingerprint density at radius 3 is 2.70 bits per heavy atom. The van der Waals surface area contributed by atoms with E-state index in [2.05, 4.69) is 15.7 Å². The monoisotopic (exact) mass is 334 g/mol. The van der Waals surface area contributed by atoms with Gasteiger partial charge in [-0.05, 0) is 37.1 Å². The highest BCUT2D eigenvalue weighted by Crippen LogP contribution is 2.10. The normalized spacial score (nSPS) is 10.4. The number of rotatable bonds is 6. The van der Waals surface area contributed by atoms with Crippen molar-refractivity contribution in [2.45, 2.75) is 13.3 Å². The van der Waals surface area contributed by atoms with Crippen LogP contribution >= 0.6 is 11.6 Å². The van der Waals surface area contributed by atoms with E-state index in [4.69, 9.17) is 11.6 Å². The Morgan fingerprint density at radius 2 is 2.04 bits per heavy atom. The molecule has 122 valence electrons. The number of nitrogens with zero attached hydrogens (tertiary/aromatic N) is 2. The Morgan fingerprint density at radius 1 is 1.26 bits per heavy atom. The summed E-state index contributed by atoms with van der Waals surface area (Å²) in [5.41, 5.74) is 2.23. The van der Waals surface area contributed by atoms with Crippen LogP contribution in [0, 0.1) is 6.92 Å². The SMILES string of the molecule is Cc1cc(C(=O)NCC(=O)NCCc2cccc(Cl)c2)nn1C. The summed E-state index contributed by atoms with van der Waals surface area (Å²) < 4.78 is 1.61. The van der Waals surface area contributed by atoms with Crippen LogP contribution in [0.25, 0.3) is 0 Å². The smallest absolute Gasteiger partial charge is 0.272 e. The van der Waals surface area contributed by atoms with Gasteiger partial charge in [-0.25, -0.2) is 0 Å². The van der Waals surface area contributed by atoms with E-state index in [1.54, 1.807) is 23.9 Å². The lowest BCUT2D eigenvalue weighted by atomic mass is 10.1. The van der Waals surface area contributed by atoms with Crippen molar-refractivity contribution >= 4 is 23.4 Å². The van der Waals surface area contributed by atoms with Crippen molar-refractivity contribution in [3.8, 4) is 0 Å². The third-order valence-corrected chi connectivity index (χ3v) is 3.62. The molecule has 0 aliphatic heterocycles. The zero-order valence-corrected chi connectivity index (χ0v) is 13.9. The predicted octanol–water partition coefficient (Wildman–Crippen LogP) is 1.47. The summed E-state index contributed by atoms with van der Waals surface area (Å²) in [6, 6.07) is 9.15. The van der Waals surface area contributed by atoms with Gasteiger partial charge in [-0.1, -0.05) is 23.7 Å². The fourth-order valence-electron chi connectivity index (χ4n) is 2.02. The van der Waals surface area contributed by atoms with Gasteiger partial charge in [0, 0.05) is 24.3 Å². The van der Waals surface area contributed by atoms with E-state index >= 15 is 0 Å². The Labute approximate surface area is 139 Å². The average Bonchev–Trinajstić information content (AvgIpc) is 2.84. The number of benzene rings is 1. The molecule has 1 heterocycles. The largest absolute Gasteiger partial charge is 0.354 e. The van der Waals surface area contributed by atoms with E-state index in [1.165, 1.54) is 0 Å². The molecule has 0 atom stereocenters. The minimum Gasteiger partial charge on any atom is -0.354 e. The molecule has 0 spiro atoms. The van der Waals surface area contributed by atoms with Crippen molar-refractivity contribution < 1.29 is 9.59 Å². The van der Waals surface area contributed by atoms with E-state index in [1.807, 2.05) is 25.1 Å². The first-order chi connectivity index (χ1) is 11.0. The van der Waals surface area contributed by atoms with E-state index < -0.39 is 0 Å². The summed E-state index contributed by atoms with van der Waals surface area (Å²) >= 11 is 5.90. The van der Waals surface area contributed by atoms with Crippen LogP contribution in [0.5, 0.6) is 0 Å². The van der Waals surface area contributed by atoms with Gasteiger partial charge in [0.15, 0.2) is 0 Å². The van der Waals surface area contributed by atoms with Gasteiger partial charge in [-0.3, -0.25) is 14.3 Å². The zero-order chi connectivity index (χ0) is 16.8. The first-order valence-electron chi connectivity index (χ1n) is 7.25. The average molecular weight is 335 g/mol. The Balaban J connectivity index is 1.71. The van der Waals surface area contributed by atoms with Crippen LogP contribution in [-0.2, 0) is 18.3 Å². The molecule has 0 radical (unpaired) electrons. The molecule has 0 saturated carbocycles. The molecule has 0 unspecified atom stereocenters. The Kier molecular flexibility index (Phi) is 5.76. The lowest BCUT2D eigenvalue weighted by molar-refractivity contribution is -0.120. The molecule has 0 saturated heterocycles. The molecule has 7 heteroatoms. The fraction of sp³-hybridized carbons (Fsp3) is 0.312. The summed E-state index contributed by atoms with van der Waals surface area (Å²) in [4.78, 5) is 23.6. The number of aromatic nitrogens is 2. The number of hydrogen-bond donors (Lipinski definition) is 2. The van der Waals surface area contributed by atoms with Crippen LogP contribution in [0.3, 0.4) is 0 Å². The second-order valence-corrected chi connectivity index (χ2v) is 5.64. The standard InChI is InChI=1S/C16H19ClN4O2/c1-11-8-14(20-21(11)2)16(23)19-10-15(22)18-7-6-12-4-3-5-13(17)9-12/h3-5,8-9H,6-7,10H2,1-2H3,(H,18,22)(H,19,23). The first-order valence-corrected chi connectivity index (χ1v) is 7.63. The fourth-order valence-corrected chi connectivity index (χ4v) is 2.24. The lowest BCUT2D eigenvalue weighted by Gasteiger charge is -2.06. The Hall–Kier alpha value is -2.34. The molecule has 0 aliphatic rings. The molecule has 2 rings (SSSR count). The van der Waals surface area contributed by atoms with Crippen LogP contribution in [0.2, 0.25) is 5.02 Å². The maximum atomic E-state index is 11.9. The third-order valence-electron chi connectivity index (χ3n) is 3.38. The van der Waals surface area contributed by atoms with E-state index in [9.17, 15) is 9.59 Å². The number of aryl methyl sites for hydroxylation is 2. The predicted molar refractivity (Wildman–Crippen MR) is 88.4 cm³/mol. The van der Waals surface area contributed by atoms with E-state index in [0.29, 0.717) is 23.7 Å². The molecular formula is C16H19ClN4O2. The quantitative estimate of drug-likeness (QED) is 0.840. The van der Waals surface area contributed by atoms with Gasteiger partial charge >= 0.3 is 0 Å². The van der Waals surface area contributed by atoms with Gasteiger partial charge in [0.2, 0.25) is 5.91 Å². The van der Waals surface area contributed by atoms with Gasteiger partial charge in [-0.15, -0.1) is 0 Å². The number of hydrogen-bond acceptors (Lipinski definition) is 3. The molecule has 6 nitrogen and oxygen atoms in total. The van der Waals surface area contributed by atoms with Crippen molar-refractivity contribution in [3.63, 3.8) is 0 Å². The summed E-state index contributed by atoms with van der Waals surface area (Å²) in [6.07, 6.45) is 0.680. The van der Waals surface area contributed by atoms with Crippen LogP contribution in [0.15, 0.2) is 30.3 Å². The topological polar surface area (TPSA) is 76.0 Å². The van der Waals surface area contributed by atoms with Gasteiger partial charge in [0.25, 0.3) is 5.91 Å². The van der Waals surface area contributed by atoms with Crippen molar-refractivity contribution in [2.24, 2.45) is 7.05 Å². The van der Waals surface area contributed by atoms with Crippen molar-refractivity contribution in [1.29, 1.82) is 0 Å². The van der Waals surface area contributed by atoms with E-state index in [-0.39, 0.29) is 18.4 Å². The number of nitrogens with one attached hydrogen (secondary N) is 2. The molecule has 2 aromatic rings. The molecule has 0 aliphatic carbocycles. The maximum Gasteiger partial charge on any atom is 0.272 e. The first kappa shape index (κ1) is 17.0. The van der Waals surface area contributed by atoms with Gasteiger partial charge in [0.1, 0.15) is 5.69 Å². The second kappa shape index (κ2) is 7.78. The van der Waals surface area contributed by atoms with Crippen LogP contribution in [0.4, 0.5) is 0 Å². The third kappa shape index (κ3) is 5.10. The number of carbonyl (C=O) groups is 2. The van der Waals surface area contributed by atoms with Crippen LogP contribution in [-0.4, -0.2) is 34.7 Å². The summed E-state index contributed by atoms with van der Waals surface area (Å²) in [5, 5.41) is 10.0. The Bertz CT molecular complexity index is 692. The second-order valence-electron chi connectivity index (χ2n) is 5.21. The molecule has 2 N–H and O–H groups in total. The van der Waals surface area contributed by atoms with Crippen LogP contribution in [0.1, 0.15) is 21.7 Å². The van der Waals surface area contributed by atoms with Gasteiger partial charge < -0.3 is 10.6 Å². The summed E-state index contributed by atoms with van der Waals surface area (Å²) in [5.74, 6) is -0.605. The van der Waals surface area contributed by atoms with Gasteiger partial charge in [0.05, 0.1) is 6.54 Å². The lowest BCUT2D eigenvalue weighted by Crippen LogP contribution is -2.37. The molecule has 23 heavy (non-hydrogen) atoms. The van der Waals surface area contributed by atoms with Crippen molar-refractivity contribution in [3.05, 3.63) is 52.3 Å². The van der Waals surface area contributed by atoms with Crippen molar-refractivity contribution in [2.75, 3.05) is 13.1 Å². The molecule has 1 aromatic heterocycles. The minimum absolute atomic E-state index is 0.0794. The highest BCUT2D eigenvalue weighted by molar-refractivity contribution is 6.30. The minimum atomic E-state index is -0.362. The number of amides is 2. The zero-order valence-electron chi connectivity index (χ0n) is 13.1. The molecule has 2 amide bonds. The number of carbonyl (C=O) groups excluding carboxylic acids is 2. The summed E-state index contributed by atoms with van der Waals surface area (Å²) in [7, 11) is 1.76. The molecule has 1 aromatic carbocycles. The summed E-state index contributed by atoms with van der Waals surface area (Å²) in [6.45, 7) is 2.26. The molecule has 0 bridgehead atoms. The highest BCUT2D eigenvalue weighted by atomic mass is 35.5. The van der Waals surface area contributed by atoms with Gasteiger partial charge in [-0.2, -0.15) is 5.10 Å². The highest BCUT2D eigenvalue weighted by Gasteiger charge is 2.12. The molecular weight excluding hydrogens is 316 g/mol.